The minimum Gasteiger partial charge on any atom is -0.497 e. The lowest BCUT2D eigenvalue weighted by molar-refractivity contribution is -0.140. The predicted octanol–water partition coefficient (Wildman–Crippen LogP) is 4.52. The number of nitrogens with zero attached hydrogens (tertiary/aromatic N) is 2. The average Bonchev–Trinajstić information content (AvgIpc) is 3.19. The number of ether oxygens (including phenoxy) is 2. The number of halogens is 3. The van der Waals surface area contributed by atoms with Crippen molar-refractivity contribution in [2.24, 2.45) is 0 Å². The lowest BCUT2D eigenvalue weighted by Crippen LogP contribution is -2.04. The molecule has 0 atom stereocenters. The third-order valence-corrected chi connectivity index (χ3v) is 3.80. The molecule has 1 heterocycles. The fourth-order valence-electron chi connectivity index (χ4n) is 2.30. The fourth-order valence-corrected chi connectivity index (χ4v) is 2.30. The van der Waals surface area contributed by atoms with Crippen molar-refractivity contribution in [3.63, 3.8) is 0 Å². The van der Waals surface area contributed by atoms with E-state index in [1.54, 1.807) is 31.4 Å². The summed E-state index contributed by atoms with van der Waals surface area (Å²) >= 11 is 0. The zero-order valence-electron chi connectivity index (χ0n) is 15.1. The number of rotatable bonds is 6. The highest BCUT2D eigenvalue weighted by Gasteiger charge is 2.29. The molecule has 3 aromatic rings. The Balaban J connectivity index is 1.54. The Hall–Kier alpha value is -3.62. The summed E-state index contributed by atoms with van der Waals surface area (Å²) in [5.74, 6) is 0.423. The van der Waals surface area contributed by atoms with Crippen LogP contribution in [-0.2, 0) is 22.3 Å². The minimum atomic E-state index is -4.41. The van der Waals surface area contributed by atoms with Gasteiger partial charge in [0.15, 0.2) is 6.61 Å². The van der Waals surface area contributed by atoms with Gasteiger partial charge in [-0.05, 0) is 48.0 Å². The molecule has 0 radical (unpaired) electrons. The molecule has 0 aliphatic rings. The van der Waals surface area contributed by atoms with Gasteiger partial charge in [-0.25, -0.2) is 4.79 Å². The molecule has 150 valence electrons. The Bertz CT molecular complexity index is 994. The monoisotopic (exact) mass is 404 g/mol. The van der Waals surface area contributed by atoms with E-state index in [0.717, 1.165) is 18.2 Å². The average molecular weight is 404 g/mol. The smallest absolute Gasteiger partial charge is 0.416 e. The van der Waals surface area contributed by atoms with E-state index in [-0.39, 0.29) is 12.5 Å². The molecule has 29 heavy (non-hydrogen) atoms. The molecule has 0 aliphatic heterocycles. The van der Waals surface area contributed by atoms with E-state index in [4.69, 9.17) is 14.0 Å². The van der Waals surface area contributed by atoms with Crippen molar-refractivity contribution in [2.45, 2.75) is 12.8 Å². The highest BCUT2D eigenvalue weighted by Crippen LogP contribution is 2.29. The SMILES string of the molecule is COc1ccc(-c2noc(COC(=O)/C=C/c3ccc(C(F)(F)F)cc3)n2)cc1. The van der Waals surface area contributed by atoms with Crippen molar-refractivity contribution >= 4 is 12.0 Å². The van der Waals surface area contributed by atoms with Gasteiger partial charge in [0.05, 0.1) is 12.7 Å². The number of carbonyl (C=O) groups excluding carboxylic acids is 1. The molecule has 0 unspecified atom stereocenters. The lowest BCUT2D eigenvalue weighted by Gasteiger charge is -2.05. The van der Waals surface area contributed by atoms with Gasteiger partial charge >= 0.3 is 12.1 Å². The van der Waals surface area contributed by atoms with E-state index in [1.165, 1.54) is 18.2 Å². The molecule has 6 nitrogen and oxygen atoms in total. The maximum atomic E-state index is 12.5. The molecule has 0 amide bonds. The van der Waals surface area contributed by atoms with Crippen molar-refractivity contribution in [3.8, 4) is 17.1 Å². The summed E-state index contributed by atoms with van der Waals surface area (Å²) in [6.07, 6.45) is -1.96. The number of esters is 1. The van der Waals surface area contributed by atoms with Crippen LogP contribution in [0.15, 0.2) is 59.1 Å². The zero-order valence-corrected chi connectivity index (χ0v) is 15.1. The first-order chi connectivity index (χ1) is 13.8. The third kappa shape index (κ3) is 5.44. The molecule has 0 saturated carbocycles. The number of carbonyl (C=O) groups is 1. The molecule has 2 aromatic carbocycles. The van der Waals surface area contributed by atoms with Crippen LogP contribution in [0, 0.1) is 0 Å². The quantitative estimate of drug-likeness (QED) is 0.444. The Morgan fingerprint density at radius 2 is 1.79 bits per heavy atom. The van der Waals surface area contributed by atoms with Gasteiger partial charge in [-0.15, -0.1) is 0 Å². The van der Waals surface area contributed by atoms with E-state index in [2.05, 4.69) is 10.1 Å². The molecular weight excluding hydrogens is 389 g/mol. The molecule has 9 heteroatoms. The van der Waals surface area contributed by atoms with Gasteiger partial charge in [0.2, 0.25) is 5.82 Å². The van der Waals surface area contributed by atoms with Gasteiger partial charge in [-0.1, -0.05) is 17.3 Å². The molecule has 1 aromatic heterocycles. The second kappa shape index (κ2) is 8.59. The number of alkyl halides is 3. The van der Waals surface area contributed by atoms with Crippen molar-refractivity contribution in [1.82, 2.24) is 10.1 Å². The topological polar surface area (TPSA) is 74.5 Å². The van der Waals surface area contributed by atoms with Gasteiger partial charge in [0, 0.05) is 11.6 Å². The molecule has 0 N–H and O–H groups in total. The highest BCUT2D eigenvalue weighted by molar-refractivity contribution is 5.87. The van der Waals surface area contributed by atoms with Crippen LogP contribution in [-0.4, -0.2) is 23.2 Å². The van der Waals surface area contributed by atoms with Gasteiger partial charge < -0.3 is 14.0 Å². The second-order valence-corrected chi connectivity index (χ2v) is 5.80. The first-order valence-corrected chi connectivity index (χ1v) is 8.34. The fraction of sp³-hybridized carbons (Fsp3) is 0.150. The maximum Gasteiger partial charge on any atom is 0.416 e. The van der Waals surface area contributed by atoms with Crippen LogP contribution in [0.3, 0.4) is 0 Å². The zero-order chi connectivity index (χ0) is 20.9. The van der Waals surface area contributed by atoms with Crippen LogP contribution in [0.2, 0.25) is 0 Å². The molecule has 0 aliphatic carbocycles. The van der Waals surface area contributed by atoms with Gasteiger partial charge in [0.1, 0.15) is 5.75 Å². The van der Waals surface area contributed by atoms with E-state index in [9.17, 15) is 18.0 Å². The standard InChI is InChI=1S/C20H15F3N2O4/c1-27-16-9-5-14(6-10-16)19-24-17(29-25-19)12-28-18(26)11-4-13-2-7-15(8-3-13)20(21,22)23/h2-11H,12H2,1H3/b11-4+. The van der Waals surface area contributed by atoms with Crippen LogP contribution in [0.1, 0.15) is 17.0 Å². The van der Waals surface area contributed by atoms with Crippen molar-refractivity contribution in [3.05, 3.63) is 71.6 Å². The summed E-state index contributed by atoms with van der Waals surface area (Å²) in [7, 11) is 1.56. The molecule has 0 saturated heterocycles. The maximum absolute atomic E-state index is 12.5. The van der Waals surface area contributed by atoms with Crippen LogP contribution >= 0.6 is 0 Å². The Kier molecular flexibility index (Phi) is 5.96. The lowest BCUT2D eigenvalue weighted by atomic mass is 10.1. The Morgan fingerprint density at radius 1 is 1.10 bits per heavy atom. The molecular formula is C20H15F3N2O4. The Morgan fingerprint density at radius 3 is 2.41 bits per heavy atom. The minimum absolute atomic E-state index is 0.104. The number of hydrogen-bond donors (Lipinski definition) is 0. The van der Waals surface area contributed by atoms with Crippen LogP contribution in [0.5, 0.6) is 5.75 Å². The highest BCUT2D eigenvalue weighted by atomic mass is 19.4. The van der Waals surface area contributed by atoms with E-state index < -0.39 is 17.7 Å². The molecule has 0 fully saturated rings. The second-order valence-electron chi connectivity index (χ2n) is 5.80. The van der Waals surface area contributed by atoms with Crippen molar-refractivity contribution in [1.29, 1.82) is 0 Å². The van der Waals surface area contributed by atoms with Crippen LogP contribution in [0.25, 0.3) is 17.5 Å². The normalized spacial score (nSPS) is 11.6. The summed E-state index contributed by atoms with van der Waals surface area (Å²) < 4.78 is 52.7. The van der Waals surface area contributed by atoms with Crippen LogP contribution < -0.4 is 4.74 Å². The number of methoxy groups -OCH3 is 1. The van der Waals surface area contributed by atoms with Gasteiger partial charge in [-0.3, -0.25) is 0 Å². The number of benzene rings is 2. The van der Waals surface area contributed by atoms with E-state index >= 15 is 0 Å². The number of hydrogen-bond acceptors (Lipinski definition) is 6. The third-order valence-electron chi connectivity index (χ3n) is 3.80. The molecule has 0 spiro atoms. The summed E-state index contributed by atoms with van der Waals surface area (Å²) in [5, 5.41) is 3.81. The largest absolute Gasteiger partial charge is 0.497 e. The van der Waals surface area contributed by atoms with E-state index in [0.29, 0.717) is 22.7 Å². The summed E-state index contributed by atoms with van der Waals surface area (Å²) in [5.41, 5.74) is 0.366. The summed E-state index contributed by atoms with van der Waals surface area (Å²) in [6.45, 7) is -0.237. The Labute approximate surface area is 163 Å². The molecule has 0 bridgehead atoms. The van der Waals surface area contributed by atoms with E-state index in [1.807, 2.05) is 0 Å². The number of aromatic nitrogens is 2. The van der Waals surface area contributed by atoms with Gasteiger partial charge in [0.25, 0.3) is 5.89 Å². The summed E-state index contributed by atoms with van der Waals surface area (Å²) in [4.78, 5) is 15.9. The van der Waals surface area contributed by atoms with Crippen LogP contribution in [0.4, 0.5) is 13.2 Å². The first-order valence-electron chi connectivity index (χ1n) is 8.34. The van der Waals surface area contributed by atoms with Crippen molar-refractivity contribution in [2.75, 3.05) is 7.11 Å². The first kappa shape index (κ1) is 20.1. The molecule has 3 rings (SSSR count). The predicted molar refractivity (Wildman–Crippen MR) is 96.6 cm³/mol. The summed E-state index contributed by atoms with van der Waals surface area (Å²) in [6, 6.07) is 11.4. The van der Waals surface area contributed by atoms with Gasteiger partial charge in [-0.2, -0.15) is 18.2 Å². The van der Waals surface area contributed by atoms with Crippen molar-refractivity contribution < 1.29 is 32.0 Å².